The molecule has 2 amide bonds. The molecule has 0 bridgehead atoms. The van der Waals surface area contributed by atoms with E-state index in [1.165, 1.54) is 32.1 Å². The normalized spacial score (nSPS) is 13.6. The standard InChI is InChI=1S/C13H17F3N2O2S/c1-12(2,3)11(13(14,15)16)18-9(19)7-17-10(20)8-5-4-6-21-8/h4-6,11H,7H2,1-3H3,(H,17,20)(H,18,19)/t11-/m0/s1. The Balaban J connectivity index is 2.57. The number of halogens is 3. The van der Waals surface area contributed by atoms with Crippen molar-refractivity contribution in [3.63, 3.8) is 0 Å². The van der Waals surface area contributed by atoms with E-state index < -0.39 is 36.0 Å². The molecule has 0 saturated heterocycles. The van der Waals surface area contributed by atoms with Gasteiger partial charge in [-0.15, -0.1) is 11.3 Å². The summed E-state index contributed by atoms with van der Waals surface area (Å²) in [6.07, 6.45) is -4.55. The van der Waals surface area contributed by atoms with Gasteiger partial charge >= 0.3 is 6.18 Å². The number of thiophene rings is 1. The molecule has 1 rings (SSSR count). The molecular formula is C13H17F3N2O2S. The van der Waals surface area contributed by atoms with Crippen LogP contribution in [0.25, 0.3) is 0 Å². The lowest BCUT2D eigenvalue weighted by Gasteiger charge is -2.33. The molecule has 1 heterocycles. The molecule has 118 valence electrons. The number of nitrogens with one attached hydrogen (secondary N) is 2. The van der Waals surface area contributed by atoms with Crippen LogP contribution < -0.4 is 10.6 Å². The number of amides is 2. The maximum atomic E-state index is 12.9. The van der Waals surface area contributed by atoms with Crippen molar-refractivity contribution in [2.75, 3.05) is 6.54 Å². The zero-order valence-corrected chi connectivity index (χ0v) is 12.7. The Bertz CT molecular complexity index is 479. The molecule has 0 aliphatic heterocycles. The molecule has 0 aliphatic carbocycles. The summed E-state index contributed by atoms with van der Waals surface area (Å²) in [6.45, 7) is 3.65. The number of rotatable bonds is 4. The lowest BCUT2D eigenvalue weighted by molar-refractivity contribution is -0.180. The van der Waals surface area contributed by atoms with Gasteiger partial charge in [0, 0.05) is 0 Å². The Morgan fingerprint density at radius 3 is 2.33 bits per heavy atom. The molecule has 1 aromatic heterocycles. The van der Waals surface area contributed by atoms with Crippen molar-refractivity contribution < 1.29 is 22.8 Å². The minimum Gasteiger partial charge on any atom is -0.342 e. The number of carbonyl (C=O) groups excluding carboxylic acids is 2. The van der Waals surface area contributed by atoms with E-state index in [1.807, 2.05) is 5.32 Å². The Kier molecular flexibility index (Phi) is 5.38. The largest absolute Gasteiger partial charge is 0.409 e. The summed E-state index contributed by atoms with van der Waals surface area (Å²) in [5.41, 5.74) is -1.17. The molecule has 0 aliphatic rings. The number of hydrogen-bond donors (Lipinski definition) is 2. The van der Waals surface area contributed by atoms with Gasteiger partial charge in [0.15, 0.2) is 0 Å². The molecule has 8 heteroatoms. The highest BCUT2D eigenvalue weighted by Gasteiger charge is 2.47. The van der Waals surface area contributed by atoms with Crippen LogP contribution in [0.4, 0.5) is 13.2 Å². The van der Waals surface area contributed by atoms with E-state index in [0.29, 0.717) is 4.88 Å². The molecule has 1 atom stereocenters. The smallest absolute Gasteiger partial charge is 0.342 e. The average Bonchev–Trinajstić information content (AvgIpc) is 2.83. The molecule has 0 saturated carbocycles. The number of hydrogen-bond acceptors (Lipinski definition) is 3. The topological polar surface area (TPSA) is 58.2 Å². The summed E-state index contributed by atoms with van der Waals surface area (Å²) in [5.74, 6) is -1.36. The van der Waals surface area contributed by atoms with Crippen LogP contribution >= 0.6 is 11.3 Å². The predicted molar refractivity (Wildman–Crippen MR) is 74.1 cm³/mol. The van der Waals surface area contributed by atoms with Crippen molar-refractivity contribution in [2.24, 2.45) is 5.41 Å². The van der Waals surface area contributed by atoms with Crippen molar-refractivity contribution in [3.05, 3.63) is 22.4 Å². The fourth-order valence-electron chi connectivity index (χ4n) is 1.66. The lowest BCUT2D eigenvalue weighted by Crippen LogP contribution is -2.54. The van der Waals surface area contributed by atoms with Gasteiger partial charge in [-0.2, -0.15) is 13.2 Å². The van der Waals surface area contributed by atoms with Crippen molar-refractivity contribution in [3.8, 4) is 0 Å². The minimum absolute atomic E-state index is 0.394. The molecule has 0 aromatic carbocycles. The maximum absolute atomic E-state index is 12.9. The first kappa shape index (κ1) is 17.5. The summed E-state index contributed by atoms with van der Waals surface area (Å²) in [7, 11) is 0. The van der Waals surface area contributed by atoms with Crippen molar-refractivity contribution in [1.82, 2.24) is 10.6 Å². The van der Waals surface area contributed by atoms with Crippen LogP contribution in [-0.4, -0.2) is 30.6 Å². The van der Waals surface area contributed by atoms with Crippen LogP contribution in [0.5, 0.6) is 0 Å². The fraction of sp³-hybridized carbons (Fsp3) is 0.538. The zero-order valence-electron chi connectivity index (χ0n) is 11.9. The van der Waals surface area contributed by atoms with Crippen LogP contribution in [0, 0.1) is 5.41 Å². The second-order valence-electron chi connectivity index (χ2n) is 5.57. The Hall–Kier alpha value is -1.57. The third kappa shape index (κ3) is 5.37. The molecule has 2 N–H and O–H groups in total. The number of carbonyl (C=O) groups is 2. The monoisotopic (exact) mass is 322 g/mol. The summed E-state index contributed by atoms with van der Waals surface area (Å²) < 4.78 is 38.7. The van der Waals surface area contributed by atoms with Crippen LogP contribution in [0.2, 0.25) is 0 Å². The Morgan fingerprint density at radius 2 is 1.90 bits per heavy atom. The highest BCUT2D eigenvalue weighted by molar-refractivity contribution is 7.12. The van der Waals surface area contributed by atoms with Crippen LogP contribution in [-0.2, 0) is 4.79 Å². The van der Waals surface area contributed by atoms with Crippen LogP contribution in [0.15, 0.2) is 17.5 Å². The summed E-state index contributed by atoms with van der Waals surface area (Å²) >= 11 is 1.18. The van der Waals surface area contributed by atoms with Crippen molar-refractivity contribution >= 4 is 23.2 Å². The van der Waals surface area contributed by atoms with Gasteiger partial charge in [0.05, 0.1) is 11.4 Å². The van der Waals surface area contributed by atoms with Gasteiger partial charge < -0.3 is 10.6 Å². The third-order valence-electron chi connectivity index (χ3n) is 2.65. The van der Waals surface area contributed by atoms with E-state index >= 15 is 0 Å². The quantitative estimate of drug-likeness (QED) is 0.895. The predicted octanol–water partition coefficient (Wildman–Crippen LogP) is 2.57. The van der Waals surface area contributed by atoms with Gasteiger partial charge in [-0.05, 0) is 16.9 Å². The van der Waals surface area contributed by atoms with Gasteiger partial charge in [-0.3, -0.25) is 9.59 Å². The molecule has 0 unspecified atom stereocenters. The lowest BCUT2D eigenvalue weighted by atomic mass is 9.86. The summed E-state index contributed by atoms with van der Waals surface area (Å²) in [5, 5.41) is 5.90. The first-order valence-corrected chi connectivity index (χ1v) is 7.07. The van der Waals surface area contributed by atoms with Crippen molar-refractivity contribution in [2.45, 2.75) is 33.0 Å². The fourth-order valence-corrected chi connectivity index (χ4v) is 2.30. The Labute approximate surface area is 124 Å². The van der Waals surface area contributed by atoms with E-state index in [2.05, 4.69) is 5.32 Å². The van der Waals surface area contributed by atoms with Gasteiger partial charge in [0.25, 0.3) is 5.91 Å². The zero-order chi connectivity index (χ0) is 16.3. The first-order chi connectivity index (χ1) is 9.51. The second kappa shape index (κ2) is 6.46. The van der Waals surface area contributed by atoms with E-state index in [4.69, 9.17) is 0 Å². The molecule has 0 radical (unpaired) electrons. The molecule has 21 heavy (non-hydrogen) atoms. The summed E-state index contributed by atoms with van der Waals surface area (Å²) in [4.78, 5) is 23.6. The van der Waals surface area contributed by atoms with Gasteiger partial charge in [0.2, 0.25) is 5.91 Å². The highest BCUT2D eigenvalue weighted by atomic mass is 32.1. The molecule has 4 nitrogen and oxygen atoms in total. The summed E-state index contributed by atoms with van der Waals surface area (Å²) in [6, 6.07) is 1.25. The third-order valence-corrected chi connectivity index (χ3v) is 3.52. The molecular weight excluding hydrogens is 305 g/mol. The Morgan fingerprint density at radius 1 is 1.29 bits per heavy atom. The van der Waals surface area contributed by atoms with Crippen LogP contribution in [0.1, 0.15) is 30.4 Å². The van der Waals surface area contributed by atoms with Crippen molar-refractivity contribution in [1.29, 1.82) is 0 Å². The molecule has 0 spiro atoms. The number of alkyl halides is 3. The maximum Gasteiger partial charge on any atom is 0.409 e. The first-order valence-electron chi connectivity index (χ1n) is 6.19. The van der Waals surface area contributed by atoms with Gasteiger partial charge in [-0.1, -0.05) is 26.8 Å². The van der Waals surface area contributed by atoms with Gasteiger partial charge in [-0.25, -0.2) is 0 Å². The highest BCUT2D eigenvalue weighted by Crippen LogP contribution is 2.33. The SMILES string of the molecule is CC(C)(C)[C@H](NC(=O)CNC(=O)c1cccs1)C(F)(F)F. The van der Waals surface area contributed by atoms with E-state index in [1.54, 1.807) is 17.5 Å². The molecule has 1 aromatic rings. The second-order valence-corrected chi connectivity index (χ2v) is 6.52. The van der Waals surface area contributed by atoms with Crippen LogP contribution in [0.3, 0.4) is 0 Å². The molecule has 0 fully saturated rings. The average molecular weight is 322 g/mol. The minimum atomic E-state index is -4.55. The van der Waals surface area contributed by atoms with Gasteiger partial charge in [0.1, 0.15) is 6.04 Å². The van der Waals surface area contributed by atoms with E-state index in [9.17, 15) is 22.8 Å². The van der Waals surface area contributed by atoms with E-state index in [0.717, 1.165) is 0 Å². The van der Waals surface area contributed by atoms with E-state index in [-0.39, 0.29) is 0 Å².